The van der Waals surface area contributed by atoms with Crippen molar-refractivity contribution in [2.45, 2.75) is 150 Å². The lowest BCUT2D eigenvalue weighted by Crippen LogP contribution is -2.51. The average molecular weight is 677 g/mol. The summed E-state index contributed by atoms with van der Waals surface area (Å²) in [6.45, 7) is 14.0. The van der Waals surface area contributed by atoms with Crippen molar-refractivity contribution in [3.05, 3.63) is 11.6 Å². The monoisotopic (exact) mass is 676 g/mol. The number of hydrogen-bond acceptors (Lipinski definition) is 6. The van der Waals surface area contributed by atoms with Gasteiger partial charge >= 0.3 is 5.97 Å². The first kappa shape index (κ1) is 38.1. The van der Waals surface area contributed by atoms with Gasteiger partial charge in [0.2, 0.25) is 5.91 Å². The number of fused-ring (bicyclic) bond motifs is 5. The summed E-state index contributed by atoms with van der Waals surface area (Å²) in [7, 11) is 2.90. The van der Waals surface area contributed by atoms with E-state index in [0.29, 0.717) is 16.9 Å². The fraction of sp³-hybridized carbons (Fsp3) is 0.897. The molecular formula is C39H68N2O3S2. The number of hydrogen-bond donors (Lipinski definition) is 2. The Morgan fingerprint density at radius 2 is 1.65 bits per heavy atom. The highest BCUT2D eigenvalue weighted by atomic mass is 33.1. The highest BCUT2D eigenvalue weighted by molar-refractivity contribution is 8.77. The van der Waals surface area contributed by atoms with Crippen molar-refractivity contribution in [2.75, 3.05) is 24.6 Å². The van der Waals surface area contributed by atoms with Gasteiger partial charge in [-0.25, -0.2) is 0 Å². The van der Waals surface area contributed by atoms with Crippen LogP contribution in [0, 0.1) is 46.3 Å². The Kier molecular flexibility index (Phi) is 15.2. The van der Waals surface area contributed by atoms with Gasteiger partial charge < -0.3 is 15.8 Å². The molecule has 3 N–H and O–H groups in total. The van der Waals surface area contributed by atoms with Gasteiger partial charge in [0.25, 0.3) is 0 Å². The molecule has 264 valence electrons. The second kappa shape index (κ2) is 18.4. The molecule has 0 heterocycles. The first-order valence-corrected chi connectivity index (χ1v) is 21.7. The molecule has 0 radical (unpaired) electrons. The molecule has 0 aromatic heterocycles. The third kappa shape index (κ3) is 9.96. The summed E-state index contributed by atoms with van der Waals surface area (Å²) in [5, 5.41) is 3.00. The molecule has 3 fully saturated rings. The minimum Gasteiger partial charge on any atom is -0.461 e. The largest absolute Gasteiger partial charge is 0.461 e. The molecule has 7 heteroatoms. The lowest BCUT2D eigenvalue weighted by molar-refractivity contribution is -0.148. The van der Waals surface area contributed by atoms with E-state index in [-0.39, 0.29) is 23.4 Å². The Labute approximate surface area is 290 Å². The third-order valence-corrected chi connectivity index (χ3v) is 15.1. The summed E-state index contributed by atoms with van der Waals surface area (Å²) in [5.41, 5.74) is 7.91. The zero-order valence-corrected chi connectivity index (χ0v) is 31.7. The molecule has 0 aliphatic heterocycles. The predicted molar refractivity (Wildman–Crippen MR) is 198 cm³/mol. The maximum Gasteiger partial charge on any atom is 0.317 e. The second-order valence-electron chi connectivity index (χ2n) is 16.4. The van der Waals surface area contributed by atoms with Crippen LogP contribution in [0.5, 0.6) is 0 Å². The van der Waals surface area contributed by atoms with E-state index in [1.165, 1.54) is 92.2 Å². The lowest BCUT2D eigenvalue weighted by atomic mass is 9.47. The Morgan fingerprint density at radius 3 is 2.41 bits per heavy atom. The molecule has 3 saturated carbocycles. The molecule has 0 aromatic carbocycles. The first-order valence-electron chi connectivity index (χ1n) is 19.2. The van der Waals surface area contributed by atoms with Crippen LogP contribution in [0.25, 0.3) is 0 Å². The number of nitrogens with one attached hydrogen (secondary N) is 1. The van der Waals surface area contributed by atoms with Crippen LogP contribution in [0.4, 0.5) is 0 Å². The van der Waals surface area contributed by atoms with E-state index in [4.69, 9.17) is 10.5 Å². The lowest BCUT2D eigenvalue weighted by Gasteiger charge is -2.58. The molecule has 0 saturated heterocycles. The van der Waals surface area contributed by atoms with Gasteiger partial charge in [0, 0.05) is 13.0 Å². The zero-order chi connectivity index (χ0) is 33.2. The summed E-state index contributed by atoms with van der Waals surface area (Å²) in [6.07, 6.45) is 23.6. The van der Waals surface area contributed by atoms with Crippen LogP contribution in [0.15, 0.2) is 11.6 Å². The van der Waals surface area contributed by atoms with Crippen LogP contribution in [0.3, 0.4) is 0 Å². The van der Waals surface area contributed by atoms with E-state index in [0.717, 1.165) is 87.1 Å². The maximum absolute atomic E-state index is 12.7. The fourth-order valence-electron chi connectivity index (χ4n) is 10.4. The number of esters is 1. The van der Waals surface area contributed by atoms with E-state index >= 15 is 0 Å². The van der Waals surface area contributed by atoms with Crippen molar-refractivity contribution in [3.63, 3.8) is 0 Å². The number of unbranched alkanes of at least 4 members (excludes halogenated alkanes) is 5. The molecule has 5 nitrogen and oxygen atoms in total. The third-order valence-electron chi connectivity index (χ3n) is 13.0. The van der Waals surface area contributed by atoms with Crippen LogP contribution in [-0.2, 0) is 14.3 Å². The van der Waals surface area contributed by atoms with Crippen molar-refractivity contribution in [1.82, 2.24) is 5.32 Å². The van der Waals surface area contributed by atoms with E-state index in [2.05, 4.69) is 46.0 Å². The van der Waals surface area contributed by atoms with Crippen LogP contribution in [0.2, 0.25) is 0 Å². The summed E-state index contributed by atoms with van der Waals surface area (Å²) < 4.78 is 6.01. The summed E-state index contributed by atoms with van der Waals surface area (Å²) in [6, 6.07) is 0. The molecule has 0 bridgehead atoms. The molecule has 4 aliphatic rings. The smallest absolute Gasteiger partial charge is 0.317 e. The zero-order valence-electron chi connectivity index (χ0n) is 30.1. The number of allylic oxidation sites excluding steroid dienone is 1. The predicted octanol–water partition coefficient (Wildman–Crippen LogP) is 9.74. The number of carbonyl (C=O) groups is 2. The van der Waals surface area contributed by atoms with Gasteiger partial charge in [-0.3, -0.25) is 9.59 Å². The van der Waals surface area contributed by atoms with Gasteiger partial charge in [-0.2, -0.15) is 0 Å². The van der Waals surface area contributed by atoms with Gasteiger partial charge in [-0.15, -0.1) is 0 Å². The molecule has 4 aliphatic carbocycles. The molecule has 0 spiro atoms. The van der Waals surface area contributed by atoms with E-state index in [1.807, 2.05) is 0 Å². The normalized spacial score (nSPS) is 32.7. The molecule has 4 rings (SSSR count). The molecular weight excluding hydrogens is 609 g/mol. The van der Waals surface area contributed by atoms with Crippen LogP contribution >= 0.6 is 21.6 Å². The quantitative estimate of drug-likeness (QED) is 0.0614. The van der Waals surface area contributed by atoms with Gasteiger partial charge in [0.15, 0.2) is 0 Å². The van der Waals surface area contributed by atoms with Gasteiger partial charge in [-0.05, 0) is 111 Å². The Balaban J connectivity index is 1.16. The summed E-state index contributed by atoms with van der Waals surface area (Å²) in [4.78, 5) is 24.9. The standard InChI is InChI=1S/C39H68N2O3S2/c1-28(2)13-12-14-29(3)33-17-18-34-32-16-15-30-25-31(19-21-38(30,4)35(32)20-22-39(33,34)5)44-37(43)27-46-45-26-36(42)41-24-11-9-7-6-8-10-23-40/h15,28-29,31-35H,6-14,16-27,40H2,1-5H3,(H,41,42)/t29?,31-,32-,33+,34-,35-,38-,39+/m0/s1. The SMILES string of the molecule is CC(C)CCCC(C)[C@H]1CC[C@H]2[C@@H]3CC=C4C[C@@H](OC(=O)CSSCC(=O)NCCCCCCCCN)CC[C@]4(C)[C@H]3CC[C@]12C. The Bertz CT molecular complexity index is 1000. The number of ether oxygens (including phenoxy) is 1. The molecule has 8 atom stereocenters. The minimum atomic E-state index is -0.136. The van der Waals surface area contributed by atoms with E-state index in [1.54, 1.807) is 5.57 Å². The molecule has 1 unspecified atom stereocenters. The van der Waals surface area contributed by atoms with Crippen LogP contribution in [-0.4, -0.2) is 42.6 Å². The fourth-order valence-corrected chi connectivity index (χ4v) is 12.1. The molecule has 1 amide bonds. The number of nitrogens with two attached hydrogens (primary N) is 1. The average Bonchev–Trinajstić information content (AvgIpc) is 3.38. The summed E-state index contributed by atoms with van der Waals surface area (Å²) >= 11 is 0. The Morgan fingerprint density at radius 1 is 0.913 bits per heavy atom. The van der Waals surface area contributed by atoms with Crippen LogP contribution in [0.1, 0.15) is 144 Å². The first-order chi connectivity index (χ1) is 22.1. The van der Waals surface area contributed by atoms with Crippen molar-refractivity contribution >= 4 is 33.5 Å². The van der Waals surface area contributed by atoms with Gasteiger partial charge in [0.05, 0.1) is 5.75 Å². The molecule has 46 heavy (non-hydrogen) atoms. The van der Waals surface area contributed by atoms with Crippen molar-refractivity contribution in [3.8, 4) is 0 Å². The van der Waals surface area contributed by atoms with Crippen LogP contribution < -0.4 is 11.1 Å². The highest BCUT2D eigenvalue weighted by Gasteiger charge is 2.59. The maximum atomic E-state index is 12.7. The highest BCUT2D eigenvalue weighted by Crippen LogP contribution is 2.67. The number of amides is 1. The summed E-state index contributed by atoms with van der Waals surface area (Å²) in [5.74, 6) is 5.66. The van der Waals surface area contributed by atoms with Crippen molar-refractivity contribution in [2.24, 2.45) is 52.1 Å². The van der Waals surface area contributed by atoms with Crippen molar-refractivity contribution < 1.29 is 14.3 Å². The number of carbonyl (C=O) groups excluding carboxylic acids is 2. The minimum absolute atomic E-state index is 0.00369. The topological polar surface area (TPSA) is 81.4 Å². The van der Waals surface area contributed by atoms with E-state index in [9.17, 15) is 9.59 Å². The second-order valence-corrected chi connectivity index (χ2v) is 18.9. The number of rotatable bonds is 19. The molecule has 0 aromatic rings. The van der Waals surface area contributed by atoms with E-state index < -0.39 is 0 Å². The van der Waals surface area contributed by atoms with Gasteiger partial charge in [-0.1, -0.05) is 113 Å². The Hall–Kier alpha value is -0.660. The van der Waals surface area contributed by atoms with Crippen molar-refractivity contribution in [1.29, 1.82) is 0 Å². The van der Waals surface area contributed by atoms with Gasteiger partial charge in [0.1, 0.15) is 11.9 Å².